The summed E-state index contributed by atoms with van der Waals surface area (Å²) in [4.78, 5) is 0. The van der Waals surface area contributed by atoms with E-state index in [0.717, 1.165) is 11.6 Å². The van der Waals surface area contributed by atoms with Crippen molar-refractivity contribution in [3.63, 3.8) is 0 Å². The van der Waals surface area contributed by atoms with Crippen molar-refractivity contribution in [2.75, 3.05) is 0 Å². The molecule has 0 aliphatic heterocycles. The predicted molar refractivity (Wildman–Crippen MR) is 40.5 cm³/mol. The fourth-order valence-electron chi connectivity index (χ4n) is 0.782. The van der Waals surface area contributed by atoms with E-state index in [9.17, 15) is 8.78 Å². The Hall–Kier alpha value is -0.703. The molecule has 3 radical (unpaired) electrons. The van der Waals surface area contributed by atoms with Crippen LogP contribution in [0, 0.1) is 11.6 Å². The van der Waals surface area contributed by atoms with Gasteiger partial charge in [0, 0.05) is 10.2 Å². The number of benzene rings is 1. The van der Waals surface area contributed by atoms with Crippen LogP contribution >= 0.6 is 0 Å². The van der Waals surface area contributed by atoms with Crippen molar-refractivity contribution in [3.05, 3.63) is 35.4 Å². The number of rotatable bonds is 1. The molecular weight excluding hydrogens is 162 g/mol. The molecule has 0 saturated carbocycles. The maximum Gasteiger partial charge on any atom is 0.159 e. The second-order valence-electron chi connectivity index (χ2n) is 2.40. The Balaban J connectivity index is 3.05. The second kappa shape index (κ2) is 3.13. The average molecular weight is 169 g/mol. The quantitative estimate of drug-likeness (QED) is 0.565. The summed E-state index contributed by atoms with van der Waals surface area (Å²) in [5, 5.41) is 0. The average Bonchev–Trinajstić information content (AvgIpc) is 1.94. The highest BCUT2D eigenvalue weighted by Crippen LogP contribution is 2.14. The molecule has 1 rings (SSSR count). The summed E-state index contributed by atoms with van der Waals surface area (Å²) < 4.78 is 24.9. The van der Waals surface area contributed by atoms with E-state index in [-0.39, 0.29) is 5.54 Å². The molecule has 0 aromatic heterocycles. The second-order valence-corrected chi connectivity index (χ2v) is 3.26. The minimum Gasteiger partial charge on any atom is -0.204 e. The fourth-order valence-corrected chi connectivity index (χ4v) is 0.961. The van der Waals surface area contributed by atoms with Gasteiger partial charge >= 0.3 is 0 Å². The minimum atomic E-state index is -0.805. The molecule has 1 unspecified atom stereocenters. The highest BCUT2D eigenvalue weighted by Gasteiger charge is 2.04. The molecule has 0 heterocycles. The first kappa shape index (κ1) is 8.39. The van der Waals surface area contributed by atoms with Gasteiger partial charge in [0.2, 0.25) is 0 Å². The molecule has 1 atom stereocenters. The lowest BCUT2D eigenvalue weighted by atomic mass is 10.1. The van der Waals surface area contributed by atoms with Gasteiger partial charge < -0.3 is 0 Å². The van der Waals surface area contributed by atoms with Crippen LogP contribution in [0.25, 0.3) is 0 Å². The third-order valence-electron chi connectivity index (χ3n) is 1.44. The molecule has 0 N–H and O–H groups in total. The van der Waals surface area contributed by atoms with Gasteiger partial charge in [0.15, 0.2) is 11.6 Å². The fraction of sp³-hybridized carbons (Fsp3) is 0.250. The van der Waals surface area contributed by atoms with Crippen LogP contribution in [0.1, 0.15) is 18.0 Å². The number of halogens is 2. The topological polar surface area (TPSA) is 0 Å². The van der Waals surface area contributed by atoms with Gasteiger partial charge in [0.1, 0.15) is 0 Å². The van der Waals surface area contributed by atoms with Crippen molar-refractivity contribution in [2.45, 2.75) is 12.5 Å². The van der Waals surface area contributed by atoms with Crippen LogP contribution in [-0.2, 0) is 0 Å². The molecule has 11 heavy (non-hydrogen) atoms. The van der Waals surface area contributed by atoms with E-state index in [1.54, 1.807) is 6.07 Å². The van der Waals surface area contributed by atoms with Crippen LogP contribution in [-0.4, -0.2) is 10.2 Å². The standard InChI is InChI=1S/C8H7F2Si/c1-5(11)6-2-3-7(9)8(10)4-6/h2-5H,1H3. The third-order valence-corrected chi connectivity index (χ3v) is 1.78. The van der Waals surface area contributed by atoms with Crippen LogP contribution in [0.2, 0.25) is 0 Å². The van der Waals surface area contributed by atoms with Gasteiger partial charge in [-0.25, -0.2) is 8.78 Å². The van der Waals surface area contributed by atoms with Gasteiger partial charge in [-0.3, -0.25) is 0 Å². The Morgan fingerprint density at radius 2 is 1.91 bits per heavy atom. The Morgan fingerprint density at radius 1 is 1.27 bits per heavy atom. The van der Waals surface area contributed by atoms with Crippen LogP contribution in [0.5, 0.6) is 0 Å². The van der Waals surface area contributed by atoms with Crippen molar-refractivity contribution in [2.24, 2.45) is 0 Å². The molecule has 0 aliphatic rings. The van der Waals surface area contributed by atoms with E-state index in [2.05, 4.69) is 10.2 Å². The first-order chi connectivity index (χ1) is 5.11. The summed E-state index contributed by atoms with van der Waals surface area (Å²) in [5.74, 6) is -1.60. The molecule has 0 nitrogen and oxygen atoms in total. The highest BCUT2D eigenvalue weighted by molar-refractivity contribution is 6.12. The Kier molecular flexibility index (Phi) is 2.39. The van der Waals surface area contributed by atoms with E-state index in [1.807, 2.05) is 6.92 Å². The SMILES string of the molecule is CC([Si])c1ccc(F)c(F)c1. The maximum atomic E-state index is 12.5. The van der Waals surface area contributed by atoms with Crippen molar-refractivity contribution >= 4 is 10.2 Å². The highest BCUT2D eigenvalue weighted by atomic mass is 28.1. The van der Waals surface area contributed by atoms with Crippen molar-refractivity contribution in [3.8, 4) is 0 Å². The van der Waals surface area contributed by atoms with Crippen molar-refractivity contribution in [1.29, 1.82) is 0 Å². The predicted octanol–water partition coefficient (Wildman–Crippen LogP) is 2.19. The van der Waals surface area contributed by atoms with E-state index in [4.69, 9.17) is 0 Å². The van der Waals surface area contributed by atoms with Crippen molar-refractivity contribution < 1.29 is 8.78 Å². The monoisotopic (exact) mass is 169 g/mol. The lowest BCUT2D eigenvalue weighted by Crippen LogP contribution is -1.94. The first-order valence-electron chi connectivity index (χ1n) is 3.27. The van der Waals surface area contributed by atoms with E-state index in [1.165, 1.54) is 6.07 Å². The van der Waals surface area contributed by atoms with E-state index in [0.29, 0.717) is 0 Å². The Morgan fingerprint density at radius 3 is 2.36 bits per heavy atom. The van der Waals surface area contributed by atoms with Gasteiger partial charge in [-0.05, 0) is 23.2 Å². The zero-order valence-electron chi connectivity index (χ0n) is 6.07. The van der Waals surface area contributed by atoms with E-state index < -0.39 is 11.6 Å². The Bertz CT molecular complexity index is 258. The summed E-state index contributed by atoms with van der Waals surface area (Å²) >= 11 is 0. The largest absolute Gasteiger partial charge is 0.204 e. The molecule has 1 aromatic rings. The smallest absolute Gasteiger partial charge is 0.159 e. The molecule has 0 saturated heterocycles. The molecular formula is C8H7F2Si. The van der Waals surface area contributed by atoms with E-state index >= 15 is 0 Å². The molecule has 0 aliphatic carbocycles. The summed E-state index contributed by atoms with van der Waals surface area (Å²) in [7, 11) is 3.30. The zero-order chi connectivity index (χ0) is 8.43. The van der Waals surface area contributed by atoms with Gasteiger partial charge in [-0.1, -0.05) is 13.0 Å². The molecule has 0 fully saturated rings. The van der Waals surface area contributed by atoms with Gasteiger partial charge in [-0.15, -0.1) is 0 Å². The summed E-state index contributed by atoms with van der Waals surface area (Å²) in [6, 6.07) is 3.87. The molecule has 3 heteroatoms. The van der Waals surface area contributed by atoms with Gasteiger partial charge in [0.25, 0.3) is 0 Å². The van der Waals surface area contributed by atoms with Crippen molar-refractivity contribution in [1.82, 2.24) is 0 Å². The minimum absolute atomic E-state index is 0.0464. The normalized spacial score (nSPS) is 13.1. The lowest BCUT2D eigenvalue weighted by Gasteiger charge is -2.03. The van der Waals surface area contributed by atoms with Crippen LogP contribution < -0.4 is 0 Å². The zero-order valence-corrected chi connectivity index (χ0v) is 7.07. The number of hydrogen-bond donors (Lipinski definition) is 0. The molecule has 0 amide bonds. The molecule has 1 aromatic carbocycles. The number of hydrogen-bond acceptors (Lipinski definition) is 0. The Labute approximate surface area is 67.7 Å². The molecule has 57 valence electrons. The lowest BCUT2D eigenvalue weighted by molar-refractivity contribution is 0.507. The van der Waals surface area contributed by atoms with Gasteiger partial charge in [-0.2, -0.15) is 0 Å². The third kappa shape index (κ3) is 1.86. The van der Waals surface area contributed by atoms with Crippen LogP contribution in [0.15, 0.2) is 18.2 Å². The van der Waals surface area contributed by atoms with Gasteiger partial charge in [0.05, 0.1) is 0 Å². The summed E-state index contributed by atoms with van der Waals surface area (Å²) in [6.45, 7) is 1.85. The molecule has 0 spiro atoms. The summed E-state index contributed by atoms with van der Waals surface area (Å²) in [5.41, 5.74) is 0.783. The summed E-state index contributed by atoms with van der Waals surface area (Å²) in [6.07, 6.45) is 0. The molecule has 0 bridgehead atoms. The maximum absolute atomic E-state index is 12.5. The van der Waals surface area contributed by atoms with Crippen LogP contribution in [0.3, 0.4) is 0 Å². The first-order valence-corrected chi connectivity index (χ1v) is 3.85. The van der Waals surface area contributed by atoms with Crippen LogP contribution in [0.4, 0.5) is 8.78 Å².